The van der Waals surface area contributed by atoms with Crippen molar-refractivity contribution in [1.82, 2.24) is 19.5 Å². The molecule has 4 aromatic carbocycles. The summed E-state index contributed by atoms with van der Waals surface area (Å²) >= 11 is 0. The maximum atomic E-state index is 10.8. The summed E-state index contributed by atoms with van der Waals surface area (Å²) in [7, 11) is 0. The van der Waals surface area contributed by atoms with Crippen LogP contribution >= 0.6 is 0 Å². The molecule has 0 radical (unpaired) electrons. The predicted molar refractivity (Wildman–Crippen MR) is 171 cm³/mol. The number of imidazole rings is 1. The number of hydrogen-bond donors (Lipinski definition) is 1. The second-order valence-electron chi connectivity index (χ2n) is 11.4. The van der Waals surface area contributed by atoms with Crippen LogP contribution in [-0.4, -0.2) is 24.6 Å². The second kappa shape index (κ2) is 11.4. The van der Waals surface area contributed by atoms with E-state index in [4.69, 9.17) is 9.97 Å². The van der Waals surface area contributed by atoms with Gasteiger partial charge in [0.1, 0.15) is 17.3 Å². The van der Waals surface area contributed by atoms with Crippen molar-refractivity contribution in [3.8, 4) is 34.2 Å². The van der Waals surface area contributed by atoms with Crippen molar-refractivity contribution in [3.05, 3.63) is 115 Å². The molecule has 43 heavy (non-hydrogen) atoms. The number of para-hydroxylation sites is 1. The third kappa shape index (κ3) is 4.92. The summed E-state index contributed by atoms with van der Waals surface area (Å²) in [6.07, 6.45) is 3.95. The molecule has 7 rings (SSSR count). The molecule has 5 nitrogen and oxygen atoms in total. The Labute approximate surface area is 265 Å². The van der Waals surface area contributed by atoms with Crippen molar-refractivity contribution in [2.45, 2.75) is 39.5 Å². The minimum Gasteiger partial charge on any atom is -0.507 e. The van der Waals surface area contributed by atoms with E-state index in [1.807, 2.05) is 60.8 Å². The molecule has 1 N–H and O–H groups in total. The number of aromatic nitrogens is 4. The molecule has 0 saturated carbocycles. The van der Waals surface area contributed by atoms with Gasteiger partial charge in [0.15, 0.2) is 0 Å². The van der Waals surface area contributed by atoms with Gasteiger partial charge >= 0.3 is 0 Å². The first-order valence-corrected chi connectivity index (χ1v) is 14.4. The Hall–Kier alpha value is -4.34. The predicted octanol–water partition coefficient (Wildman–Crippen LogP) is 9.21. The van der Waals surface area contributed by atoms with Gasteiger partial charge in [0.25, 0.3) is 0 Å². The molecule has 0 bridgehead atoms. The van der Waals surface area contributed by atoms with Crippen LogP contribution in [0.5, 0.6) is 5.75 Å². The summed E-state index contributed by atoms with van der Waals surface area (Å²) in [6, 6.07) is 31.6. The fourth-order valence-electron chi connectivity index (χ4n) is 5.95. The van der Waals surface area contributed by atoms with E-state index in [0.29, 0.717) is 11.8 Å². The normalized spacial score (nSPS) is 11.6. The van der Waals surface area contributed by atoms with Crippen molar-refractivity contribution < 1.29 is 26.2 Å². The zero-order valence-electron chi connectivity index (χ0n) is 24.4. The number of aromatic hydroxyl groups is 1. The van der Waals surface area contributed by atoms with E-state index in [1.165, 1.54) is 11.1 Å². The van der Waals surface area contributed by atoms with Crippen molar-refractivity contribution in [2.24, 2.45) is 0 Å². The summed E-state index contributed by atoms with van der Waals surface area (Å²) in [6.45, 7) is 8.94. The third-order valence-electron chi connectivity index (χ3n) is 8.03. The Morgan fingerprint density at radius 1 is 0.744 bits per heavy atom. The monoisotopic (exact) mass is 742 g/mol. The number of benzene rings is 4. The third-order valence-corrected chi connectivity index (χ3v) is 8.03. The van der Waals surface area contributed by atoms with Gasteiger partial charge in [0.2, 0.25) is 0 Å². The SMILES string of the molecule is CC(C)c1cccc(C(C)C)c1-n1cc(-c2ccc3ccc4cccc(O)c4c3n2)nc1-c1ccnc2ccc[c-]c12.[Pt]. The first kappa shape index (κ1) is 28.8. The maximum absolute atomic E-state index is 10.8. The summed E-state index contributed by atoms with van der Waals surface area (Å²) in [5.74, 6) is 1.66. The molecule has 3 aromatic heterocycles. The smallest absolute Gasteiger partial charge is 0.125 e. The first-order chi connectivity index (χ1) is 20.4. The maximum Gasteiger partial charge on any atom is 0.125 e. The van der Waals surface area contributed by atoms with E-state index < -0.39 is 0 Å². The van der Waals surface area contributed by atoms with Gasteiger partial charge in [-0.2, -0.15) is 0 Å². The molecule has 0 unspecified atom stereocenters. The van der Waals surface area contributed by atoms with E-state index in [2.05, 4.69) is 73.8 Å². The summed E-state index contributed by atoms with van der Waals surface area (Å²) in [5.41, 5.74) is 7.77. The number of pyridine rings is 2. The molecule has 0 fully saturated rings. The number of phenolic OH excluding ortho intramolecular Hbond substituents is 1. The number of hydrogen-bond acceptors (Lipinski definition) is 4. The number of fused-ring (bicyclic) bond motifs is 4. The fourth-order valence-corrected chi connectivity index (χ4v) is 5.95. The van der Waals surface area contributed by atoms with Gasteiger partial charge in [-0.15, -0.1) is 29.7 Å². The van der Waals surface area contributed by atoms with Crippen molar-refractivity contribution >= 4 is 32.6 Å². The molecule has 6 heteroatoms. The molecule has 3 heterocycles. The van der Waals surface area contributed by atoms with Crippen LogP contribution in [0.4, 0.5) is 0 Å². The number of phenols is 1. The van der Waals surface area contributed by atoms with E-state index in [-0.39, 0.29) is 26.8 Å². The largest absolute Gasteiger partial charge is 0.507 e. The Morgan fingerprint density at radius 2 is 1.47 bits per heavy atom. The fraction of sp³-hybridized carbons (Fsp3) is 0.162. The van der Waals surface area contributed by atoms with Gasteiger partial charge in [-0.05, 0) is 46.0 Å². The summed E-state index contributed by atoms with van der Waals surface area (Å²) in [4.78, 5) is 15.0. The molecule has 7 aromatic rings. The van der Waals surface area contributed by atoms with E-state index in [9.17, 15) is 5.11 Å². The Balaban J connectivity index is 0.00000329. The van der Waals surface area contributed by atoms with Crippen LogP contribution in [0.15, 0.2) is 97.3 Å². The van der Waals surface area contributed by atoms with Crippen LogP contribution < -0.4 is 0 Å². The van der Waals surface area contributed by atoms with Gasteiger partial charge in [-0.25, -0.2) is 9.97 Å². The Morgan fingerprint density at radius 3 is 2.23 bits per heavy atom. The minimum atomic E-state index is 0. The standard InChI is InChI=1S/C37H31N4O.Pt/c1-22(2)26-11-8-12-27(23(3)4)36(26)41-21-32(40-37(41)29-19-20-38-30-13-6-5-10-28(29)30)31-18-17-25-16-15-24-9-7-14-33(42)34(24)35(25)39-31;/h5-9,11-23,42H,1-4H3;/q-1;. The van der Waals surface area contributed by atoms with Crippen LogP contribution in [-0.2, 0) is 21.1 Å². The summed E-state index contributed by atoms with van der Waals surface area (Å²) in [5, 5.41) is 14.4. The molecule has 0 aliphatic rings. The van der Waals surface area contributed by atoms with Gasteiger partial charge < -0.3 is 14.7 Å². The Kier molecular flexibility index (Phi) is 7.62. The second-order valence-corrected chi connectivity index (χ2v) is 11.4. The molecule has 0 atom stereocenters. The average Bonchev–Trinajstić information content (AvgIpc) is 3.45. The van der Waals surface area contributed by atoms with Crippen LogP contribution in [0.25, 0.3) is 61.0 Å². The molecule has 0 amide bonds. The first-order valence-electron chi connectivity index (χ1n) is 14.4. The molecule has 0 aliphatic carbocycles. The van der Waals surface area contributed by atoms with Crippen LogP contribution in [0.1, 0.15) is 50.7 Å². The van der Waals surface area contributed by atoms with E-state index in [0.717, 1.165) is 61.0 Å². The molecular formula is C37H31N4OPt-. The van der Waals surface area contributed by atoms with Crippen LogP contribution in [0, 0.1) is 6.07 Å². The zero-order chi connectivity index (χ0) is 29.0. The molecule has 216 valence electrons. The number of nitrogens with zero attached hydrogens (tertiary/aromatic N) is 4. The van der Waals surface area contributed by atoms with Crippen molar-refractivity contribution in [2.75, 3.05) is 0 Å². The van der Waals surface area contributed by atoms with E-state index in [1.54, 1.807) is 6.07 Å². The molecular weight excluding hydrogens is 712 g/mol. The van der Waals surface area contributed by atoms with Gasteiger partial charge in [-0.1, -0.05) is 87.9 Å². The van der Waals surface area contributed by atoms with Crippen LogP contribution in [0.2, 0.25) is 0 Å². The van der Waals surface area contributed by atoms with Crippen molar-refractivity contribution in [1.29, 1.82) is 0 Å². The van der Waals surface area contributed by atoms with Gasteiger partial charge in [0.05, 0.1) is 16.9 Å². The quantitative estimate of drug-likeness (QED) is 0.141. The van der Waals surface area contributed by atoms with Crippen molar-refractivity contribution in [3.63, 3.8) is 0 Å². The van der Waals surface area contributed by atoms with Crippen LogP contribution in [0.3, 0.4) is 0 Å². The van der Waals surface area contributed by atoms with Gasteiger partial charge in [0, 0.05) is 44.2 Å². The zero-order valence-corrected chi connectivity index (χ0v) is 26.7. The molecule has 0 spiro atoms. The van der Waals surface area contributed by atoms with Gasteiger partial charge in [-0.3, -0.25) is 0 Å². The summed E-state index contributed by atoms with van der Waals surface area (Å²) < 4.78 is 2.24. The Bertz CT molecular complexity index is 2100. The molecule has 0 saturated heterocycles. The average molecular weight is 743 g/mol. The van der Waals surface area contributed by atoms with E-state index >= 15 is 0 Å². The minimum absolute atomic E-state index is 0. The molecule has 0 aliphatic heterocycles. The topological polar surface area (TPSA) is 63.8 Å². The number of rotatable bonds is 5.